The number of carboxylic acid groups (broad SMARTS) is 1. The molecule has 0 aliphatic carbocycles. The van der Waals surface area contributed by atoms with E-state index in [4.69, 9.17) is 5.11 Å². The van der Waals surface area contributed by atoms with E-state index in [1.807, 2.05) is 0 Å². The van der Waals surface area contributed by atoms with E-state index in [0.29, 0.717) is 24.2 Å². The molecule has 100 valence electrons. The van der Waals surface area contributed by atoms with Crippen molar-refractivity contribution in [1.82, 2.24) is 14.9 Å². The molecule has 0 fully saturated rings. The van der Waals surface area contributed by atoms with E-state index >= 15 is 0 Å². The third-order valence-electron chi connectivity index (χ3n) is 2.71. The van der Waals surface area contributed by atoms with Crippen LogP contribution in [0.25, 0.3) is 0 Å². The van der Waals surface area contributed by atoms with Gasteiger partial charge in [-0.15, -0.1) is 0 Å². The minimum atomic E-state index is -0.973. The van der Waals surface area contributed by atoms with Crippen LogP contribution in [0.5, 0.6) is 0 Å². The number of hydrogen-bond acceptors (Lipinski definition) is 4. The number of hydrogen-bond donors (Lipinski definition) is 1. The highest BCUT2D eigenvalue weighted by Gasteiger charge is 2.17. The summed E-state index contributed by atoms with van der Waals surface area (Å²) in [5, 5.41) is 9.10. The summed E-state index contributed by atoms with van der Waals surface area (Å²) < 4.78 is 0. The van der Waals surface area contributed by atoms with E-state index in [-0.39, 0.29) is 5.56 Å². The maximum atomic E-state index is 11.1. The second kappa shape index (κ2) is 6.44. The maximum absolute atomic E-state index is 11.1. The van der Waals surface area contributed by atoms with Gasteiger partial charge in [0.05, 0.1) is 5.69 Å². The zero-order valence-corrected chi connectivity index (χ0v) is 11.4. The second-order valence-corrected chi connectivity index (χ2v) is 5.11. The van der Waals surface area contributed by atoms with Gasteiger partial charge >= 0.3 is 5.97 Å². The summed E-state index contributed by atoms with van der Waals surface area (Å²) in [5.41, 5.74) is 0.763. The van der Waals surface area contributed by atoms with E-state index in [1.54, 1.807) is 0 Å². The van der Waals surface area contributed by atoms with Crippen molar-refractivity contribution in [3.63, 3.8) is 0 Å². The standard InChI is InChI=1S/C13H21N3O2/c1-9(2)6-16(10(3)4)7-12-11(13(17)18)5-14-8-15-12/h5,8-10H,6-7H2,1-4H3,(H,17,18). The van der Waals surface area contributed by atoms with Crippen LogP contribution in [0.1, 0.15) is 43.7 Å². The van der Waals surface area contributed by atoms with Crippen LogP contribution in [-0.4, -0.2) is 38.5 Å². The Bertz CT molecular complexity index is 405. The van der Waals surface area contributed by atoms with Crippen LogP contribution in [0.4, 0.5) is 0 Å². The molecule has 1 heterocycles. The Labute approximate surface area is 108 Å². The third-order valence-corrected chi connectivity index (χ3v) is 2.71. The van der Waals surface area contributed by atoms with Gasteiger partial charge in [0.15, 0.2) is 0 Å². The normalized spacial score (nSPS) is 11.5. The van der Waals surface area contributed by atoms with Gasteiger partial charge in [0.1, 0.15) is 11.9 Å². The predicted molar refractivity (Wildman–Crippen MR) is 69.4 cm³/mol. The van der Waals surface area contributed by atoms with E-state index in [0.717, 1.165) is 6.54 Å². The topological polar surface area (TPSA) is 66.3 Å². The van der Waals surface area contributed by atoms with Crippen LogP contribution in [-0.2, 0) is 6.54 Å². The quantitative estimate of drug-likeness (QED) is 0.838. The molecule has 0 amide bonds. The predicted octanol–water partition coefficient (Wildman–Crippen LogP) is 2.04. The Morgan fingerprint density at radius 1 is 1.39 bits per heavy atom. The minimum absolute atomic E-state index is 0.187. The van der Waals surface area contributed by atoms with Gasteiger partial charge in [-0.05, 0) is 19.8 Å². The molecule has 0 aliphatic rings. The molecule has 5 heteroatoms. The Morgan fingerprint density at radius 3 is 2.56 bits per heavy atom. The average molecular weight is 251 g/mol. The molecular weight excluding hydrogens is 230 g/mol. The molecule has 0 radical (unpaired) electrons. The first-order valence-corrected chi connectivity index (χ1v) is 6.18. The summed E-state index contributed by atoms with van der Waals surface area (Å²) >= 11 is 0. The van der Waals surface area contributed by atoms with Crippen LogP contribution in [0.2, 0.25) is 0 Å². The summed E-state index contributed by atoms with van der Waals surface area (Å²) in [6.07, 6.45) is 2.76. The molecular formula is C13H21N3O2. The highest BCUT2D eigenvalue weighted by atomic mass is 16.4. The lowest BCUT2D eigenvalue weighted by atomic mass is 10.1. The maximum Gasteiger partial charge on any atom is 0.339 e. The molecule has 0 saturated carbocycles. The molecule has 0 unspecified atom stereocenters. The molecule has 0 bridgehead atoms. The lowest BCUT2D eigenvalue weighted by Gasteiger charge is -2.28. The van der Waals surface area contributed by atoms with Gasteiger partial charge in [-0.25, -0.2) is 14.8 Å². The zero-order valence-electron chi connectivity index (χ0n) is 11.4. The van der Waals surface area contributed by atoms with Crippen LogP contribution >= 0.6 is 0 Å². The summed E-state index contributed by atoms with van der Waals surface area (Å²) in [5.74, 6) is -0.443. The summed E-state index contributed by atoms with van der Waals surface area (Å²) in [7, 11) is 0. The Morgan fingerprint density at radius 2 is 2.06 bits per heavy atom. The number of aromatic nitrogens is 2. The molecule has 18 heavy (non-hydrogen) atoms. The lowest BCUT2D eigenvalue weighted by Crippen LogP contribution is -2.34. The Hall–Kier alpha value is -1.49. The fourth-order valence-corrected chi connectivity index (χ4v) is 1.78. The van der Waals surface area contributed by atoms with E-state index in [1.165, 1.54) is 12.5 Å². The van der Waals surface area contributed by atoms with Crippen molar-refractivity contribution in [2.75, 3.05) is 6.54 Å². The Kier molecular flexibility index (Phi) is 5.22. The van der Waals surface area contributed by atoms with Crippen molar-refractivity contribution in [2.45, 2.75) is 40.3 Å². The first-order valence-electron chi connectivity index (χ1n) is 6.18. The number of carboxylic acids is 1. The van der Waals surface area contributed by atoms with Crippen molar-refractivity contribution in [2.24, 2.45) is 5.92 Å². The van der Waals surface area contributed by atoms with Gasteiger partial charge in [-0.3, -0.25) is 4.90 Å². The molecule has 0 aliphatic heterocycles. The second-order valence-electron chi connectivity index (χ2n) is 5.11. The molecule has 1 rings (SSSR count). The van der Waals surface area contributed by atoms with Gasteiger partial charge in [-0.1, -0.05) is 13.8 Å². The van der Waals surface area contributed by atoms with Crippen molar-refractivity contribution >= 4 is 5.97 Å². The number of carbonyl (C=O) groups is 1. The highest BCUT2D eigenvalue weighted by Crippen LogP contribution is 2.12. The van der Waals surface area contributed by atoms with Gasteiger partial charge in [-0.2, -0.15) is 0 Å². The number of nitrogens with zero attached hydrogens (tertiary/aromatic N) is 3. The molecule has 1 aromatic rings. The molecule has 0 saturated heterocycles. The summed E-state index contributed by atoms with van der Waals surface area (Å²) in [4.78, 5) is 21.2. The average Bonchev–Trinajstić information content (AvgIpc) is 2.27. The van der Waals surface area contributed by atoms with Crippen molar-refractivity contribution in [3.05, 3.63) is 23.8 Å². The van der Waals surface area contributed by atoms with Crippen molar-refractivity contribution in [1.29, 1.82) is 0 Å². The van der Waals surface area contributed by atoms with Crippen LogP contribution < -0.4 is 0 Å². The van der Waals surface area contributed by atoms with Crippen molar-refractivity contribution in [3.8, 4) is 0 Å². The molecule has 5 nitrogen and oxygen atoms in total. The first-order chi connectivity index (χ1) is 8.41. The van der Waals surface area contributed by atoms with E-state index in [9.17, 15) is 4.79 Å². The van der Waals surface area contributed by atoms with E-state index in [2.05, 4.69) is 42.6 Å². The van der Waals surface area contributed by atoms with Gasteiger partial charge < -0.3 is 5.11 Å². The van der Waals surface area contributed by atoms with Gasteiger partial charge in [0, 0.05) is 25.3 Å². The summed E-state index contributed by atoms with van der Waals surface area (Å²) in [6.45, 7) is 9.95. The smallest absolute Gasteiger partial charge is 0.339 e. The monoisotopic (exact) mass is 251 g/mol. The molecule has 1 aromatic heterocycles. The third kappa shape index (κ3) is 4.07. The molecule has 0 aromatic carbocycles. The SMILES string of the molecule is CC(C)CN(Cc1ncncc1C(=O)O)C(C)C. The van der Waals surface area contributed by atoms with Gasteiger partial charge in [0.2, 0.25) is 0 Å². The highest BCUT2D eigenvalue weighted by molar-refractivity contribution is 5.88. The molecule has 0 atom stereocenters. The first kappa shape index (κ1) is 14.6. The van der Waals surface area contributed by atoms with Crippen molar-refractivity contribution < 1.29 is 9.90 Å². The molecule has 1 N–H and O–H groups in total. The summed E-state index contributed by atoms with van der Waals surface area (Å²) in [6, 6.07) is 0.351. The van der Waals surface area contributed by atoms with E-state index < -0.39 is 5.97 Å². The zero-order chi connectivity index (χ0) is 13.7. The minimum Gasteiger partial charge on any atom is -0.478 e. The van der Waals surface area contributed by atoms with Crippen LogP contribution in [0.3, 0.4) is 0 Å². The fraction of sp³-hybridized carbons (Fsp3) is 0.615. The number of rotatable bonds is 6. The molecule has 0 spiro atoms. The van der Waals surface area contributed by atoms with Crippen LogP contribution in [0.15, 0.2) is 12.5 Å². The lowest BCUT2D eigenvalue weighted by molar-refractivity contribution is 0.0692. The van der Waals surface area contributed by atoms with Gasteiger partial charge in [0.25, 0.3) is 0 Å². The Balaban J connectivity index is 2.90. The van der Waals surface area contributed by atoms with Crippen LogP contribution in [0, 0.1) is 5.92 Å². The fourth-order valence-electron chi connectivity index (χ4n) is 1.78. The largest absolute Gasteiger partial charge is 0.478 e. The number of aromatic carboxylic acids is 1.